The molecule has 0 unspecified atom stereocenters. The van der Waals surface area contributed by atoms with Crippen molar-refractivity contribution in [2.75, 3.05) is 13.2 Å². The molecule has 0 aromatic rings. The van der Waals surface area contributed by atoms with Crippen LogP contribution in [0.25, 0.3) is 0 Å². The van der Waals surface area contributed by atoms with Crippen molar-refractivity contribution in [2.24, 2.45) is 5.41 Å². The van der Waals surface area contributed by atoms with Crippen LogP contribution in [-0.2, 0) is 51.5 Å². The average molecular weight is 513 g/mol. The van der Waals surface area contributed by atoms with E-state index in [1.807, 2.05) is 0 Å². The average Bonchev–Trinajstić information content (AvgIpc) is 3.04. The topological polar surface area (TPSA) is 144 Å². The number of phosphoric ester groups is 1. The maximum atomic E-state index is 13.2. The third-order valence-electron chi connectivity index (χ3n) is 5.54. The molecule has 13 heteroatoms. The van der Waals surface area contributed by atoms with E-state index in [1.165, 1.54) is 17.2 Å². The molecular formula is C22H28NO11P. The fourth-order valence-electron chi connectivity index (χ4n) is 3.88. The number of ether oxygens (including phenoxy) is 3. The number of hydrogen-bond donors (Lipinski definition) is 0. The molecule has 12 nitrogen and oxygen atoms in total. The van der Waals surface area contributed by atoms with Crippen molar-refractivity contribution in [1.82, 2.24) is 4.90 Å². The minimum Gasteiger partial charge on any atom is -0.460 e. The number of terminal acetylenes is 1. The Morgan fingerprint density at radius 3 is 2.66 bits per heavy atom. The largest absolute Gasteiger partial charge is 0.475 e. The molecule has 3 heterocycles. The summed E-state index contributed by atoms with van der Waals surface area (Å²) in [6, 6.07) is 0. The van der Waals surface area contributed by atoms with Gasteiger partial charge in [0.15, 0.2) is 12.0 Å². The van der Waals surface area contributed by atoms with Crippen LogP contribution in [0, 0.1) is 17.8 Å². The summed E-state index contributed by atoms with van der Waals surface area (Å²) < 4.78 is 45.4. The van der Waals surface area contributed by atoms with Gasteiger partial charge in [0.05, 0.1) is 25.7 Å². The molecule has 0 bridgehead atoms. The SMILES string of the molecule is C#C[C@]1(C)[C@@H]2O[P@@](=O)(OCC[C@H](OC(C)=O)C(=O)OC(C)C)OC[C@H]2O[C@H]1N1C=CC(=O)CC1=O. The number of carbonyl (C=O) groups is 4. The fourth-order valence-corrected chi connectivity index (χ4v) is 5.37. The van der Waals surface area contributed by atoms with E-state index in [0.29, 0.717) is 0 Å². The standard InChI is InChI=1S/C22H28NO11P/c1-6-22(5)19-17(33-21(22)23-9-7-15(25)11-18(23)26)12-30-35(28,34-19)29-10-8-16(32-14(4)24)20(27)31-13(2)3/h1,7,9,13,16-17,19,21H,8,10-12H2,2-5H3/t16-,17+,19+,21+,22+,35-/m0/s1. The second kappa shape index (κ2) is 10.6. The molecule has 0 N–H and O–H groups in total. The van der Waals surface area contributed by atoms with Crippen LogP contribution in [0.15, 0.2) is 12.3 Å². The molecule has 0 aliphatic carbocycles. The van der Waals surface area contributed by atoms with Crippen molar-refractivity contribution in [3.05, 3.63) is 12.3 Å². The van der Waals surface area contributed by atoms with E-state index >= 15 is 0 Å². The maximum absolute atomic E-state index is 13.2. The Labute approximate surface area is 202 Å². The number of rotatable bonds is 8. The van der Waals surface area contributed by atoms with Gasteiger partial charge >= 0.3 is 19.8 Å². The molecule has 0 aromatic carbocycles. The Balaban J connectivity index is 1.68. The summed E-state index contributed by atoms with van der Waals surface area (Å²) in [7, 11) is -4.16. The predicted molar refractivity (Wildman–Crippen MR) is 117 cm³/mol. The van der Waals surface area contributed by atoms with Gasteiger partial charge in [0.25, 0.3) is 0 Å². The van der Waals surface area contributed by atoms with E-state index in [-0.39, 0.29) is 31.8 Å². The number of fused-ring (bicyclic) bond motifs is 1. The van der Waals surface area contributed by atoms with Crippen molar-refractivity contribution < 1.29 is 51.5 Å². The molecule has 0 saturated carbocycles. The third kappa shape index (κ3) is 6.00. The number of phosphoric acid groups is 1. The Morgan fingerprint density at radius 1 is 1.34 bits per heavy atom. The van der Waals surface area contributed by atoms with Gasteiger partial charge in [0, 0.05) is 19.5 Å². The van der Waals surface area contributed by atoms with Crippen LogP contribution in [-0.4, -0.2) is 72.4 Å². The van der Waals surface area contributed by atoms with Gasteiger partial charge < -0.3 is 14.2 Å². The molecule has 2 saturated heterocycles. The highest BCUT2D eigenvalue weighted by atomic mass is 31.2. The van der Waals surface area contributed by atoms with Crippen molar-refractivity contribution in [3.63, 3.8) is 0 Å². The predicted octanol–water partition coefficient (Wildman–Crippen LogP) is 1.48. The number of carbonyl (C=O) groups excluding carboxylic acids is 4. The van der Waals surface area contributed by atoms with Crippen molar-refractivity contribution in [1.29, 1.82) is 0 Å². The first-order valence-corrected chi connectivity index (χ1v) is 12.4. The fraction of sp³-hybridized carbons (Fsp3) is 0.636. The van der Waals surface area contributed by atoms with Crippen LogP contribution in [0.1, 0.15) is 40.5 Å². The van der Waals surface area contributed by atoms with Crippen molar-refractivity contribution in [3.8, 4) is 12.3 Å². The van der Waals surface area contributed by atoms with Crippen LogP contribution in [0.5, 0.6) is 0 Å². The Kier molecular flexibility index (Phi) is 8.19. The summed E-state index contributed by atoms with van der Waals surface area (Å²) in [6.07, 6.45) is 3.42. The number of allylic oxidation sites excluding steroid dienone is 1. The smallest absolute Gasteiger partial charge is 0.460 e. The van der Waals surface area contributed by atoms with E-state index in [9.17, 15) is 23.7 Å². The molecule has 3 aliphatic heterocycles. The second-order valence-corrected chi connectivity index (χ2v) is 10.3. The summed E-state index contributed by atoms with van der Waals surface area (Å²) in [6.45, 7) is 5.50. The summed E-state index contributed by atoms with van der Waals surface area (Å²) in [5.41, 5.74) is -1.25. The van der Waals surface area contributed by atoms with Gasteiger partial charge in [0.1, 0.15) is 17.6 Å². The molecule has 3 aliphatic rings. The Bertz CT molecular complexity index is 1000. The van der Waals surface area contributed by atoms with Gasteiger partial charge in [-0.25, -0.2) is 9.36 Å². The number of nitrogens with zero attached hydrogens (tertiary/aromatic N) is 1. The highest BCUT2D eigenvalue weighted by Crippen LogP contribution is 2.59. The zero-order chi connectivity index (χ0) is 26.0. The number of esters is 2. The molecule has 6 atom stereocenters. The van der Waals surface area contributed by atoms with Gasteiger partial charge in [-0.1, -0.05) is 5.92 Å². The van der Waals surface area contributed by atoms with Gasteiger partial charge in [-0.05, 0) is 26.8 Å². The highest BCUT2D eigenvalue weighted by Gasteiger charge is 2.61. The third-order valence-corrected chi connectivity index (χ3v) is 6.98. The summed E-state index contributed by atoms with van der Waals surface area (Å²) in [5.74, 6) is 0.269. The van der Waals surface area contributed by atoms with E-state index < -0.39 is 61.7 Å². The lowest BCUT2D eigenvalue weighted by atomic mass is 9.82. The van der Waals surface area contributed by atoms with Gasteiger partial charge in [-0.3, -0.25) is 32.9 Å². The molecule has 2 fully saturated rings. The Morgan fingerprint density at radius 2 is 2.06 bits per heavy atom. The molecule has 192 valence electrons. The zero-order valence-corrected chi connectivity index (χ0v) is 20.7. The van der Waals surface area contributed by atoms with Gasteiger partial charge in [0.2, 0.25) is 12.0 Å². The lowest BCUT2D eigenvalue weighted by molar-refractivity contribution is -0.170. The number of amides is 1. The zero-order valence-electron chi connectivity index (χ0n) is 19.8. The Hall–Kier alpha value is -2.55. The number of ketones is 1. The molecule has 35 heavy (non-hydrogen) atoms. The highest BCUT2D eigenvalue weighted by molar-refractivity contribution is 7.48. The van der Waals surface area contributed by atoms with Crippen LogP contribution >= 0.6 is 7.82 Å². The molecular weight excluding hydrogens is 485 g/mol. The lowest BCUT2D eigenvalue weighted by Crippen LogP contribution is -2.49. The first-order valence-electron chi connectivity index (χ1n) is 11.0. The van der Waals surface area contributed by atoms with E-state index in [4.69, 9.17) is 34.2 Å². The molecule has 0 aromatic heterocycles. The number of hydrogen-bond acceptors (Lipinski definition) is 11. The van der Waals surface area contributed by atoms with Crippen molar-refractivity contribution >= 4 is 31.5 Å². The monoisotopic (exact) mass is 513 g/mol. The first kappa shape index (κ1) is 27.0. The van der Waals surface area contributed by atoms with Gasteiger partial charge in [-0.2, -0.15) is 0 Å². The molecule has 0 spiro atoms. The van der Waals surface area contributed by atoms with Crippen LogP contribution < -0.4 is 0 Å². The molecule has 3 rings (SSSR count). The minimum atomic E-state index is -4.16. The van der Waals surface area contributed by atoms with E-state index in [0.717, 1.165) is 6.92 Å². The second-order valence-electron chi connectivity index (χ2n) is 8.69. The quantitative estimate of drug-likeness (QED) is 0.201. The summed E-state index contributed by atoms with van der Waals surface area (Å²) in [5, 5.41) is 0. The minimum absolute atomic E-state index is 0.164. The van der Waals surface area contributed by atoms with Crippen LogP contribution in [0.4, 0.5) is 0 Å². The summed E-state index contributed by atoms with van der Waals surface area (Å²) >= 11 is 0. The van der Waals surface area contributed by atoms with Crippen molar-refractivity contribution in [2.45, 2.75) is 71.2 Å². The van der Waals surface area contributed by atoms with Gasteiger partial charge in [-0.15, -0.1) is 6.42 Å². The normalized spacial score (nSPS) is 33.3. The lowest BCUT2D eigenvalue weighted by Gasteiger charge is -2.37. The van der Waals surface area contributed by atoms with E-state index in [2.05, 4.69) is 5.92 Å². The first-order chi connectivity index (χ1) is 16.4. The summed E-state index contributed by atoms with van der Waals surface area (Å²) in [4.78, 5) is 48.7. The van der Waals surface area contributed by atoms with Crippen LogP contribution in [0.3, 0.4) is 0 Å². The molecule has 0 radical (unpaired) electrons. The van der Waals surface area contributed by atoms with E-state index in [1.54, 1.807) is 20.8 Å². The molecule has 1 amide bonds. The van der Waals surface area contributed by atoms with Crippen LogP contribution in [0.2, 0.25) is 0 Å². The maximum Gasteiger partial charge on any atom is 0.475 e.